The molecule has 0 atom stereocenters. The summed E-state index contributed by atoms with van der Waals surface area (Å²) in [6.45, 7) is 8.01. The SMILES string of the molecule is COc1cc(C)c(S(=O)(=O)N(C)CC(=O)NCC(=O)N(C)CC2CCN(C3CCN(C)CC3)CC2)c(C)c1. The molecular formula is C27H45N5O5S. The first-order chi connectivity index (χ1) is 17.9. The van der Waals surface area contributed by atoms with Gasteiger partial charge in [0.2, 0.25) is 21.8 Å². The number of hydrogen-bond donors (Lipinski definition) is 1. The Morgan fingerprint density at radius 1 is 1.03 bits per heavy atom. The van der Waals surface area contributed by atoms with Gasteiger partial charge in [0.05, 0.1) is 25.1 Å². The summed E-state index contributed by atoms with van der Waals surface area (Å²) in [6, 6.07) is 3.99. The molecule has 0 spiro atoms. The highest BCUT2D eigenvalue weighted by Gasteiger charge is 2.29. The van der Waals surface area contributed by atoms with Crippen LogP contribution in [0.25, 0.3) is 0 Å². The third kappa shape index (κ3) is 7.68. The number of likely N-dealkylation sites (tertiary alicyclic amines) is 2. The van der Waals surface area contributed by atoms with Gasteiger partial charge in [-0.15, -0.1) is 0 Å². The summed E-state index contributed by atoms with van der Waals surface area (Å²) in [5.41, 5.74) is 1.09. The lowest BCUT2D eigenvalue weighted by Crippen LogP contribution is -2.48. The molecule has 2 amide bonds. The minimum atomic E-state index is -3.89. The standard InChI is InChI=1S/C27H45N5O5S/c1-20-15-24(37-6)16-21(2)27(20)38(35,36)31(5)19-25(33)28-17-26(34)30(4)18-22-7-13-32(14-8-22)23-9-11-29(3)12-10-23/h15-16,22-23H,7-14,17-19H2,1-6H3,(H,28,33). The molecule has 10 nitrogen and oxygen atoms in total. The van der Waals surface area contributed by atoms with E-state index >= 15 is 0 Å². The molecule has 11 heteroatoms. The summed E-state index contributed by atoms with van der Waals surface area (Å²) in [6.07, 6.45) is 4.61. The van der Waals surface area contributed by atoms with Gasteiger partial charge in [-0.05, 0) is 102 Å². The van der Waals surface area contributed by atoms with E-state index in [0.717, 1.165) is 43.3 Å². The first kappa shape index (κ1) is 30.3. The molecule has 0 aromatic heterocycles. The van der Waals surface area contributed by atoms with E-state index in [1.165, 1.54) is 27.0 Å². The van der Waals surface area contributed by atoms with Gasteiger partial charge in [0.15, 0.2) is 0 Å². The molecule has 0 aliphatic carbocycles. The highest BCUT2D eigenvalue weighted by Crippen LogP contribution is 2.28. The number of ether oxygens (including phenoxy) is 1. The maximum absolute atomic E-state index is 13.1. The zero-order chi connectivity index (χ0) is 28.0. The topological polar surface area (TPSA) is 102 Å². The third-order valence-electron chi connectivity index (χ3n) is 7.95. The average molecular weight is 552 g/mol. The Morgan fingerprint density at radius 2 is 1.61 bits per heavy atom. The molecule has 1 N–H and O–H groups in total. The van der Waals surface area contributed by atoms with E-state index in [-0.39, 0.29) is 23.9 Å². The van der Waals surface area contributed by atoms with E-state index in [1.807, 2.05) is 0 Å². The molecule has 3 rings (SSSR count). The monoisotopic (exact) mass is 551 g/mol. The van der Waals surface area contributed by atoms with Crippen LogP contribution in [0.5, 0.6) is 5.75 Å². The van der Waals surface area contributed by atoms with Crippen LogP contribution in [0.3, 0.4) is 0 Å². The van der Waals surface area contributed by atoms with Gasteiger partial charge in [0, 0.05) is 26.7 Å². The van der Waals surface area contributed by atoms with E-state index < -0.39 is 15.9 Å². The predicted octanol–water partition coefficient (Wildman–Crippen LogP) is 1.31. The van der Waals surface area contributed by atoms with E-state index in [4.69, 9.17) is 4.74 Å². The highest BCUT2D eigenvalue weighted by molar-refractivity contribution is 7.89. The maximum Gasteiger partial charge on any atom is 0.243 e. The zero-order valence-corrected chi connectivity index (χ0v) is 24.6. The van der Waals surface area contributed by atoms with Crippen LogP contribution in [0.4, 0.5) is 0 Å². The van der Waals surface area contributed by atoms with Gasteiger partial charge in [-0.3, -0.25) is 9.59 Å². The van der Waals surface area contributed by atoms with Crippen LogP contribution in [0.15, 0.2) is 17.0 Å². The summed E-state index contributed by atoms with van der Waals surface area (Å²) in [5, 5.41) is 2.59. The Bertz CT molecular complexity index is 1060. The number of carbonyl (C=O) groups is 2. The van der Waals surface area contributed by atoms with Crippen molar-refractivity contribution in [3.63, 3.8) is 0 Å². The first-order valence-corrected chi connectivity index (χ1v) is 14.9. The fraction of sp³-hybridized carbons (Fsp3) is 0.704. The van der Waals surface area contributed by atoms with Crippen LogP contribution >= 0.6 is 0 Å². The van der Waals surface area contributed by atoms with Gasteiger partial charge < -0.3 is 24.8 Å². The number of piperidine rings is 2. The number of hydrogen-bond acceptors (Lipinski definition) is 7. The predicted molar refractivity (Wildman–Crippen MR) is 148 cm³/mol. The van der Waals surface area contributed by atoms with Crippen LogP contribution in [0.2, 0.25) is 0 Å². The molecule has 0 bridgehead atoms. The number of aryl methyl sites for hydroxylation is 2. The summed E-state index contributed by atoms with van der Waals surface area (Å²) in [4.78, 5) is 32.0. The number of sulfonamides is 1. The van der Waals surface area contributed by atoms with Crippen LogP contribution < -0.4 is 10.1 Å². The number of benzene rings is 1. The van der Waals surface area contributed by atoms with Gasteiger partial charge in [0.25, 0.3) is 0 Å². The van der Waals surface area contributed by atoms with Crippen LogP contribution in [0.1, 0.15) is 36.8 Å². The summed E-state index contributed by atoms with van der Waals surface area (Å²) in [5.74, 6) is 0.329. The van der Waals surface area contributed by atoms with Crippen molar-refractivity contribution in [3.05, 3.63) is 23.3 Å². The molecule has 0 unspecified atom stereocenters. The second-order valence-electron chi connectivity index (χ2n) is 10.9. The number of likely N-dealkylation sites (N-methyl/N-ethyl adjacent to an activating group) is 2. The molecule has 38 heavy (non-hydrogen) atoms. The quantitative estimate of drug-likeness (QED) is 0.468. The number of nitrogens with one attached hydrogen (secondary N) is 1. The van der Waals surface area contributed by atoms with Crippen molar-refractivity contribution < 1.29 is 22.7 Å². The van der Waals surface area contributed by atoms with Crippen molar-refractivity contribution in [1.82, 2.24) is 24.3 Å². The Morgan fingerprint density at radius 3 is 2.16 bits per heavy atom. The number of amides is 2. The summed E-state index contributed by atoms with van der Waals surface area (Å²) in [7, 11) is 2.95. The lowest BCUT2D eigenvalue weighted by Gasteiger charge is -2.41. The largest absolute Gasteiger partial charge is 0.497 e. The van der Waals surface area contributed by atoms with Crippen molar-refractivity contribution in [1.29, 1.82) is 0 Å². The molecule has 0 radical (unpaired) electrons. The highest BCUT2D eigenvalue weighted by atomic mass is 32.2. The number of carbonyl (C=O) groups excluding carboxylic acids is 2. The molecule has 1 aromatic rings. The second-order valence-corrected chi connectivity index (χ2v) is 12.9. The number of nitrogens with zero attached hydrogens (tertiary/aromatic N) is 4. The van der Waals surface area contributed by atoms with Crippen molar-refractivity contribution in [2.75, 3.05) is 74.1 Å². The Balaban J connectivity index is 1.43. The van der Waals surface area contributed by atoms with Crippen molar-refractivity contribution in [2.45, 2.75) is 50.5 Å². The van der Waals surface area contributed by atoms with E-state index in [0.29, 0.717) is 35.4 Å². The van der Waals surface area contributed by atoms with Crippen molar-refractivity contribution >= 4 is 21.8 Å². The van der Waals surface area contributed by atoms with E-state index in [9.17, 15) is 18.0 Å². The molecule has 214 valence electrons. The maximum atomic E-state index is 13.1. The molecule has 2 aliphatic heterocycles. The molecule has 2 fully saturated rings. The minimum absolute atomic E-state index is 0.155. The lowest BCUT2D eigenvalue weighted by atomic mass is 9.93. The van der Waals surface area contributed by atoms with Gasteiger partial charge in [-0.25, -0.2) is 8.42 Å². The van der Waals surface area contributed by atoms with E-state index in [2.05, 4.69) is 22.2 Å². The summed E-state index contributed by atoms with van der Waals surface area (Å²) < 4.78 is 32.5. The molecular weight excluding hydrogens is 506 g/mol. The van der Waals surface area contributed by atoms with Gasteiger partial charge in [0.1, 0.15) is 5.75 Å². The third-order valence-corrected chi connectivity index (χ3v) is 10.1. The van der Waals surface area contributed by atoms with Gasteiger partial charge in [-0.2, -0.15) is 4.31 Å². The van der Waals surface area contributed by atoms with Gasteiger partial charge >= 0.3 is 0 Å². The molecule has 1 aromatic carbocycles. The molecule has 2 heterocycles. The van der Waals surface area contributed by atoms with Crippen LogP contribution in [-0.4, -0.2) is 119 Å². The number of rotatable bonds is 10. The zero-order valence-electron chi connectivity index (χ0n) is 23.8. The molecule has 2 saturated heterocycles. The summed E-state index contributed by atoms with van der Waals surface area (Å²) >= 11 is 0. The normalized spacial score (nSPS) is 18.5. The molecule has 2 aliphatic rings. The molecule has 0 saturated carbocycles. The van der Waals surface area contributed by atoms with Crippen molar-refractivity contribution in [2.24, 2.45) is 5.92 Å². The Hall–Kier alpha value is -2.21. The van der Waals surface area contributed by atoms with Crippen LogP contribution in [-0.2, 0) is 19.6 Å². The average Bonchev–Trinajstić information content (AvgIpc) is 2.87. The fourth-order valence-electron chi connectivity index (χ4n) is 5.59. The number of methoxy groups -OCH3 is 1. The minimum Gasteiger partial charge on any atom is -0.497 e. The Labute approximate surface area is 228 Å². The lowest BCUT2D eigenvalue weighted by molar-refractivity contribution is -0.132. The Kier molecular flexibility index (Phi) is 10.6. The van der Waals surface area contributed by atoms with Crippen molar-refractivity contribution in [3.8, 4) is 5.75 Å². The van der Waals surface area contributed by atoms with Crippen LogP contribution in [0, 0.1) is 19.8 Å². The van der Waals surface area contributed by atoms with E-state index in [1.54, 1.807) is 37.9 Å². The first-order valence-electron chi connectivity index (χ1n) is 13.5. The smallest absolute Gasteiger partial charge is 0.243 e. The second kappa shape index (κ2) is 13.2. The fourth-order valence-corrected chi connectivity index (χ4v) is 7.12. The van der Waals surface area contributed by atoms with Gasteiger partial charge in [-0.1, -0.05) is 0 Å².